The minimum atomic E-state index is -1.32. The number of benzene rings is 3. The Bertz CT molecular complexity index is 1400. The van der Waals surface area contributed by atoms with Crippen molar-refractivity contribution in [2.45, 2.75) is 24.4 Å². The molecule has 1 amide bonds. The molecule has 3 aromatic carbocycles. The van der Waals surface area contributed by atoms with Crippen molar-refractivity contribution < 1.29 is 18.8 Å². The van der Waals surface area contributed by atoms with Crippen LogP contribution in [-0.2, 0) is 15.0 Å². The highest BCUT2D eigenvalue weighted by atomic mass is 19.1. The lowest BCUT2D eigenvalue weighted by Crippen LogP contribution is -2.51. The van der Waals surface area contributed by atoms with Crippen molar-refractivity contribution in [1.29, 1.82) is 0 Å². The number of rotatable bonds is 3. The molecule has 1 N–H and O–H groups in total. The maximum Gasteiger partial charge on any atom is 0.238 e. The lowest BCUT2D eigenvalue weighted by Gasteiger charge is -2.37. The normalized spacial score (nSPS) is 26.1. The van der Waals surface area contributed by atoms with Crippen LogP contribution in [0.3, 0.4) is 0 Å². The summed E-state index contributed by atoms with van der Waals surface area (Å²) in [5, 5.41) is 2.97. The van der Waals surface area contributed by atoms with Gasteiger partial charge in [0, 0.05) is 16.9 Å². The first-order chi connectivity index (χ1) is 16.4. The fourth-order valence-electron chi connectivity index (χ4n) is 6.07. The van der Waals surface area contributed by atoms with Gasteiger partial charge in [0.25, 0.3) is 0 Å². The van der Waals surface area contributed by atoms with Crippen LogP contribution in [-0.4, -0.2) is 29.6 Å². The second-order valence-electron chi connectivity index (χ2n) is 9.04. The molecule has 6 heteroatoms. The van der Waals surface area contributed by atoms with Gasteiger partial charge in [0.15, 0.2) is 11.6 Å². The highest BCUT2D eigenvalue weighted by molar-refractivity contribution is 6.16. The molecule has 1 fully saturated rings. The summed E-state index contributed by atoms with van der Waals surface area (Å²) in [6.07, 6.45) is 3.88. The van der Waals surface area contributed by atoms with E-state index in [4.69, 9.17) is 0 Å². The Labute approximate surface area is 195 Å². The van der Waals surface area contributed by atoms with Crippen molar-refractivity contribution in [1.82, 2.24) is 0 Å². The van der Waals surface area contributed by atoms with E-state index >= 15 is 0 Å². The number of carbonyl (C=O) groups excluding carboxylic acids is 3. The fourth-order valence-corrected chi connectivity index (χ4v) is 6.07. The molecule has 0 saturated carbocycles. The monoisotopic (exact) mass is 452 g/mol. The Hall–Kier alpha value is -4.06. The number of hydrogen-bond acceptors (Lipinski definition) is 4. The molecule has 34 heavy (non-hydrogen) atoms. The zero-order valence-corrected chi connectivity index (χ0v) is 18.4. The third kappa shape index (κ3) is 2.56. The summed E-state index contributed by atoms with van der Waals surface area (Å²) in [4.78, 5) is 43.2. The van der Waals surface area contributed by atoms with Gasteiger partial charge in [0.1, 0.15) is 11.2 Å². The van der Waals surface area contributed by atoms with Gasteiger partial charge in [-0.2, -0.15) is 0 Å². The smallest absolute Gasteiger partial charge is 0.238 e. The number of halogens is 1. The number of ketones is 2. The lowest BCUT2D eigenvalue weighted by atomic mass is 9.64. The Kier molecular flexibility index (Phi) is 4.36. The van der Waals surface area contributed by atoms with E-state index in [1.807, 2.05) is 65.6 Å². The van der Waals surface area contributed by atoms with Crippen LogP contribution in [0.1, 0.15) is 28.4 Å². The van der Waals surface area contributed by atoms with Crippen molar-refractivity contribution >= 4 is 34.9 Å². The van der Waals surface area contributed by atoms with Crippen molar-refractivity contribution in [2.24, 2.45) is 5.92 Å². The molecule has 1 spiro atoms. The van der Waals surface area contributed by atoms with Gasteiger partial charge in [0.05, 0.1) is 18.0 Å². The van der Waals surface area contributed by atoms with Crippen LogP contribution < -0.4 is 10.2 Å². The SMILES string of the molecule is CC(=O)[C@H]1[C@@H](C(=O)c2ccc(F)cc2)[C@]2(C(=O)Nc3ccccc32)C2C=Cc3ccccc3N21. The van der Waals surface area contributed by atoms with Gasteiger partial charge < -0.3 is 10.2 Å². The number of fused-ring (bicyclic) bond motifs is 6. The number of nitrogens with one attached hydrogen (secondary N) is 1. The number of hydrogen-bond donors (Lipinski definition) is 1. The van der Waals surface area contributed by atoms with E-state index in [1.54, 1.807) is 0 Å². The molecule has 0 bridgehead atoms. The highest BCUT2D eigenvalue weighted by Gasteiger charge is 2.69. The van der Waals surface area contributed by atoms with Gasteiger partial charge >= 0.3 is 0 Å². The molecule has 1 saturated heterocycles. The fraction of sp³-hybridized carbons (Fsp3) is 0.179. The number of carbonyl (C=O) groups is 3. The van der Waals surface area contributed by atoms with E-state index in [9.17, 15) is 18.8 Å². The number of anilines is 2. The average molecular weight is 452 g/mol. The standard InChI is InChI=1S/C28H21FN2O3/c1-16(32)25-24(26(33)18-10-13-19(29)14-11-18)28(20-7-3-4-8-21(20)30-27(28)34)23-15-12-17-6-2-5-9-22(17)31(23)25/h2-15,23-25H,1H3,(H,30,34)/t23?,24-,25-,28+/m0/s1. The molecule has 0 radical (unpaired) electrons. The van der Waals surface area contributed by atoms with Crippen LogP contribution in [0.2, 0.25) is 0 Å². The van der Waals surface area contributed by atoms with Gasteiger partial charge in [-0.3, -0.25) is 14.4 Å². The van der Waals surface area contributed by atoms with Gasteiger partial charge in [-0.15, -0.1) is 0 Å². The van der Waals surface area contributed by atoms with Crippen LogP contribution >= 0.6 is 0 Å². The summed E-state index contributed by atoms with van der Waals surface area (Å²) in [6, 6.07) is 18.9. The van der Waals surface area contributed by atoms with E-state index in [0.717, 1.165) is 11.3 Å². The molecule has 5 nitrogen and oxygen atoms in total. The Morgan fingerprint density at radius 2 is 1.68 bits per heavy atom. The second-order valence-corrected chi connectivity index (χ2v) is 9.04. The predicted molar refractivity (Wildman–Crippen MR) is 127 cm³/mol. The number of amides is 1. The molecule has 3 heterocycles. The van der Waals surface area contributed by atoms with Gasteiger partial charge in [-0.25, -0.2) is 4.39 Å². The first kappa shape index (κ1) is 20.5. The summed E-state index contributed by atoms with van der Waals surface area (Å²) in [5.74, 6) is -2.33. The summed E-state index contributed by atoms with van der Waals surface area (Å²) in [7, 11) is 0. The summed E-state index contributed by atoms with van der Waals surface area (Å²) < 4.78 is 13.6. The van der Waals surface area contributed by atoms with E-state index in [0.29, 0.717) is 11.3 Å². The zero-order valence-electron chi connectivity index (χ0n) is 18.4. The van der Waals surface area contributed by atoms with Crippen LogP contribution in [0.15, 0.2) is 78.9 Å². The van der Waals surface area contributed by atoms with Crippen LogP contribution in [0.5, 0.6) is 0 Å². The van der Waals surface area contributed by atoms with Crippen LogP contribution in [0.4, 0.5) is 15.8 Å². The Balaban J connectivity index is 1.66. The number of Topliss-reactive ketones (excluding diaryl/α,β-unsaturated/α-hetero) is 2. The topological polar surface area (TPSA) is 66.5 Å². The summed E-state index contributed by atoms with van der Waals surface area (Å²) >= 11 is 0. The number of nitrogens with zero attached hydrogens (tertiary/aromatic N) is 1. The Morgan fingerprint density at radius 3 is 2.44 bits per heavy atom. The van der Waals surface area contributed by atoms with E-state index < -0.39 is 29.2 Å². The molecule has 3 aromatic rings. The molecular formula is C28H21FN2O3. The molecule has 1 unspecified atom stereocenters. The van der Waals surface area contributed by atoms with Crippen molar-refractivity contribution in [3.05, 3.63) is 101 Å². The summed E-state index contributed by atoms with van der Waals surface area (Å²) in [6.45, 7) is 1.46. The third-order valence-corrected chi connectivity index (χ3v) is 7.37. The third-order valence-electron chi connectivity index (χ3n) is 7.37. The van der Waals surface area contributed by atoms with Gasteiger partial charge in [-0.05, 0) is 54.4 Å². The molecule has 4 atom stereocenters. The van der Waals surface area contributed by atoms with E-state index in [-0.39, 0.29) is 23.0 Å². The van der Waals surface area contributed by atoms with Crippen LogP contribution in [0, 0.1) is 11.7 Å². The molecule has 3 aliphatic rings. The second kappa shape index (κ2) is 7.22. The largest absolute Gasteiger partial charge is 0.352 e. The van der Waals surface area contributed by atoms with Crippen molar-refractivity contribution in [3.63, 3.8) is 0 Å². The van der Waals surface area contributed by atoms with Gasteiger partial charge in [0.2, 0.25) is 5.91 Å². The lowest BCUT2D eigenvalue weighted by molar-refractivity contribution is -0.122. The first-order valence-corrected chi connectivity index (χ1v) is 11.2. The number of para-hydroxylation sites is 2. The van der Waals surface area contributed by atoms with E-state index in [2.05, 4.69) is 5.32 Å². The average Bonchev–Trinajstić information content (AvgIpc) is 3.32. The van der Waals surface area contributed by atoms with Crippen molar-refractivity contribution in [3.8, 4) is 0 Å². The minimum Gasteiger partial charge on any atom is -0.352 e. The van der Waals surface area contributed by atoms with Crippen molar-refractivity contribution in [2.75, 3.05) is 10.2 Å². The predicted octanol–water partition coefficient (Wildman–Crippen LogP) is 4.39. The molecule has 6 rings (SSSR count). The first-order valence-electron chi connectivity index (χ1n) is 11.2. The highest BCUT2D eigenvalue weighted by Crippen LogP contribution is 2.57. The Morgan fingerprint density at radius 1 is 0.971 bits per heavy atom. The van der Waals surface area contributed by atoms with Crippen LogP contribution in [0.25, 0.3) is 6.08 Å². The quantitative estimate of drug-likeness (QED) is 0.599. The molecule has 0 aromatic heterocycles. The zero-order chi connectivity index (χ0) is 23.6. The van der Waals surface area contributed by atoms with Gasteiger partial charge in [-0.1, -0.05) is 48.6 Å². The molecule has 3 aliphatic heterocycles. The van der Waals surface area contributed by atoms with E-state index in [1.165, 1.54) is 31.2 Å². The molecular weight excluding hydrogens is 431 g/mol. The minimum absolute atomic E-state index is 0.204. The molecule has 168 valence electrons. The molecule has 0 aliphatic carbocycles. The summed E-state index contributed by atoms with van der Waals surface area (Å²) in [5.41, 5.74) is 2.01. The maximum atomic E-state index is 14.1. The maximum absolute atomic E-state index is 14.1.